The summed E-state index contributed by atoms with van der Waals surface area (Å²) in [5.74, 6) is 1.55. The van der Waals surface area contributed by atoms with Gasteiger partial charge in [-0.3, -0.25) is 4.57 Å². The molecule has 3 rings (SSSR count). The van der Waals surface area contributed by atoms with Crippen LogP contribution in [-0.4, -0.2) is 11.5 Å². The van der Waals surface area contributed by atoms with E-state index in [1.165, 1.54) is 5.56 Å². The van der Waals surface area contributed by atoms with Crippen LogP contribution in [0.1, 0.15) is 30.8 Å². The topological polar surface area (TPSA) is 29.5 Å². The van der Waals surface area contributed by atoms with E-state index in [0.717, 1.165) is 15.7 Å². The molecule has 0 bridgehead atoms. The number of hydrogen-bond donors (Lipinski definition) is 0. The monoisotopic (exact) mass is 405 g/mol. The van der Waals surface area contributed by atoms with Crippen LogP contribution in [0, 0.1) is 0 Å². The number of nitrogens with zero attached hydrogens (tertiary/aromatic N) is 1. The first kappa shape index (κ1) is 17.5. The van der Waals surface area contributed by atoms with Gasteiger partial charge >= 0.3 is 0 Å². The summed E-state index contributed by atoms with van der Waals surface area (Å²) >= 11 is 3.47. The highest BCUT2D eigenvalue weighted by Crippen LogP contribution is 2.68. The minimum absolute atomic E-state index is 0.272. The molecule has 0 saturated carbocycles. The predicted octanol–water partition coefficient (Wildman–Crippen LogP) is 6.14. The summed E-state index contributed by atoms with van der Waals surface area (Å²) in [7, 11) is -2.92. The maximum Gasteiger partial charge on any atom is 0.253 e. The van der Waals surface area contributed by atoms with Gasteiger partial charge in [-0.2, -0.15) is 0 Å². The van der Waals surface area contributed by atoms with Gasteiger partial charge in [0.1, 0.15) is 5.78 Å². The Bertz CT molecular complexity index is 774. The van der Waals surface area contributed by atoms with Crippen LogP contribution < -0.4 is 0 Å². The molecule has 3 nitrogen and oxygen atoms in total. The zero-order valence-corrected chi connectivity index (χ0v) is 16.3. The maximum atomic E-state index is 13.5. The van der Waals surface area contributed by atoms with Gasteiger partial charge < -0.3 is 9.42 Å². The van der Waals surface area contributed by atoms with Crippen molar-refractivity contribution in [3.8, 4) is 0 Å². The van der Waals surface area contributed by atoms with Crippen molar-refractivity contribution >= 4 is 23.3 Å². The second-order valence-electron chi connectivity index (χ2n) is 5.87. The molecule has 0 fully saturated rings. The van der Waals surface area contributed by atoms with Gasteiger partial charge in [-0.15, -0.1) is 0 Å². The van der Waals surface area contributed by atoms with E-state index in [1.807, 2.05) is 62.1 Å². The number of hydrogen-bond acceptors (Lipinski definition) is 3. The molecule has 2 aromatic carbocycles. The summed E-state index contributed by atoms with van der Waals surface area (Å²) in [5.41, 5.74) is 3.21. The first-order chi connectivity index (χ1) is 11.5. The molecule has 2 aromatic rings. The SMILES string of the molecule is CCOP1(=O)C=C(C)N(Cc2ccccc2)C1c1ccc(Br)cc1. The first-order valence-electron chi connectivity index (χ1n) is 8.03. The molecule has 24 heavy (non-hydrogen) atoms. The Kier molecular flexibility index (Phi) is 5.29. The summed E-state index contributed by atoms with van der Waals surface area (Å²) in [4.78, 5) is 2.19. The molecule has 0 radical (unpaired) electrons. The van der Waals surface area contributed by atoms with Gasteiger partial charge in [0.05, 0.1) is 6.61 Å². The smallest absolute Gasteiger partial charge is 0.253 e. The van der Waals surface area contributed by atoms with Crippen molar-refractivity contribution in [1.29, 1.82) is 0 Å². The Hall–Kier alpha value is -1.35. The zero-order chi connectivity index (χ0) is 17.2. The molecule has 0 saturated heterocycles. The van der Waals surface area contributed by atoms with Gasteiger partial charge in [-0.1, -0.05) is 58.4 Å². The van der Waals surface area contributed by atoms with Crippen LogP contribution in [0.4, 0.5) is 0 Å². The standard InChI is InChI=1S/C19H21BrNO2P/c1-3-23-24(22)14-15(2)21(13-16-7-5-4-6-8-16)19(24)17-9-11-18(20)12-10-17/h4-12,14,19H,3,13H2,1-2H3. The lowest BCUT2D eigenvalue weighted by molar-refractivity contribution is 0.276. The average molecular weight is 406 g/mol. The molecule has 0 spiro atoms. The Morgan fingerprint density at radius 2 is 1.79 bits per heavy atom. The van der Waals surface area contributed by atoms with E-state index in [-0.39, 0.29) is 5.78 Å². The highest BCUT2D eigenvalue weighted by molar-refractivity contribution is 9.10. The van der Waals surface area contributed by atoms with Gasteiger partial charge in [0.2, 0.25) is 0 Å². The van der Waals surface area contributed by atoms with Crippen molar-refractivity contribution in [3.63, 3.8) is 0 Å². The fourth-order valence-corrected chi connectivity index (χ4v) is 6.05. The van der Waals surface area contributed by atoms with Crippen LogP contribution in [-0.2, 0) is 15.6 Å². The number of rotatable bonds is 5. The number of halogens is 1. The molecule has 2 unspecified atom stereocenters. The summed E-state index contributed by atoms with van der Waals surface area (Å²) in [6.45, 7) is 5.04. The fraction of sp³-hybridized carbons (Fsp3) is 0.263. The zero-order valence-electron chi connectivity index (χ0n) is 13.9. The lowest BCUT2D eigenvalue weighted by Crippen LogP contribution is -2.23. The van der Waals surface area contributed by atoms with Crippen LogP contribution in [0.5, 0.6) is 0 Å². The highest BCUT2D eigenvalue weighted by atomic mass is 79.9. The number of benzene rings is 2. The molecule has 0 amide bonds. The van der Waals surface area contributed by atoms with Crippen LogP contribution in [0.25, 0.3) is 0 Å². The molecular formula is C19H21BrNO2P. The molecule has 126 valence electrons. The third kappa shape index (κ3) is 3.51. The van der Waals surface area contributed by atoms with E-state index in [1.54, 1.807) is 0 Å². The summed E-state index contributed by atoms with van der Waals surface area (Å²) in [6, 6.07) is 18.3. The van der Waals surface area contributed by atoms with Gasteiger partial charge in [0, 0.05) is 22.5 Å². The third-order valence-corrected chi connectivity index (χ3v) is 7.33. The van der Waals surface area contributed by atoms with Crippen LogP contribution in [0.3, 0.4) is 0 Å². The molecular weight excluding hydrogens is 385 g/mol. The Labute approximate surface area is 151 Å². The highest BCUT2D eigenvalue weighted by Gasteiger charge is 2.43. The van der Waals surface area contributed by atoms with Crippen LogP contribution in [0.2, 0.25) is 0 Å². The normalized spacial score (nSPS) is 23.4. The number of allylic oxidation sites excluding steroid dienone is 1. The van der Waals surface area contributed by atoms with Crippen molar-refractivity contribution in [2.75, 3.05) is 6.61 Å². The van der Waals surface area contributed by atoms with E-state index in [0.29, 0.717) is 13.2 Å². The maximum absolute atomic E-state index is 13.5. The second kappa shape index (κ2) is 7.26. The van der Waals surface area contributed by atoms with Gasteiger partial charge in [0.25, 0.3) is 7.37 Å². The van der Waals surface area contributed by atoms with Crippen molar-refractivity contribution < 1.29 is 9.09 Å². The molecule has 5 heteroatoms. The van der Waals surface area contributed by atoms with E-state index < -0.39 is 7.37 Å². The molecule has 2 atom stereocenters. The van der Waals surface area contributed by atoms with Gasteiger partial charge in [0.15, 0.2) is 0 Å². The quantitative estimate of drug-likeness (QED) is 0.559. The van der Waals surface area contributed by atoms with E-state index in [9.17, 15) is 4.57 Å². The molecule has 0 aromatic heterocycles. The lowest BCUT2D eigenvalue weighted by atomic mass is 10.1. The lowest BCUT2D eigenvalue weighted by Gasteiger charge is -2.31. The van der Waals surface area contributed by atoms with Crippen molar-refractivity contribution in [3.05, 3.63) is 81.7 Å². The van der Waals surface area contributed by atoms with Crippen molar-refractivity contribution in [1.82, 2.24) is 4.90 Å². The minimum atomic E-state index is -2.92. The largest absolute Gasteiger partial charge is 0.354 e. The minimum Gasteiger partial charge on any atom is -0.354 e. The summed E-state index contributed by atoms with van der Waals surface area (Å²) in [5, 5.41) is 0. The molecule has 1 aliphatic rings. The van der Waals surface area contributed by atoms with Gasteiger partial charge in [-0.25, -0.2) is 0 Å². The van der Waals surface area contributed by atoms with Crippen molar-refractivity contribution in [2.45, 2.75) is 26.2 Å². The third-order valence-electron chi connectivity index (χ3n) is 4.15. The summed E-state index contributed by atoms with van der Waals surface area (Å²) < 4.78 is 20.2. The average Bonchev–Trinajstić information content (AvgIpc) is 2.80. The Morgan fingerprint density at radius 1 is 1.12 bits per heavy atom. The van der Waals surface area contributed by atoms with Crippen molar-refractivity contribution in [2.24, 2.45) is 0 Å². The first-order valence-corrected chi connectivity index (χ1v) is 10.6. The van der Waals surface area contributed by atoms with Crippen LogP contribution in [0.15, 0.2) is 70.6 Å². The Balaban J connectivity index is 2.00. The second-order valence-corrected chi connectivity index (χ2v) is 9.08. The molecule has 1 heterocycles. The van der Waals surface area contributed by atoms with E-state index >= 15 is 0 Å². The molecule has 0 N–H and O–H groups in total. The van der Waals surface area contributed by atoms with E-state index in [4.69, 9.17) is 4.52 Å². The Morgan fingerprint density at radius 3 is 2.42 bits per heavy atom. The molecule has 0 aliphatic carbocycles. The van der Waals surface area contributed by atoms with E-state index in [2.05, 4.69) is 33.0 Å². The van der Waals surface area contributed by atoms with Crippen LogP contribution >= 0.6 is 23.3 Å². The molecule has 1 aliphatic heterocycles. The summed E-state index contributed by atoms with van der Waals surface area (Å²) in [6.07, 6.45) is 0. The predicted molar refractivity (Wildman–Crippen MR) is 102 cm³/mol. The fourth-order valence-electron chi connectivity index (χ4n) is 3.12. The van der Waals surface area contributed by atoms with Gasteiger partial charge in [-0.05, 0) is 37.1 Å².